The minimum atomic E-state index is -0.406. The molecule has 0 radical (unpaired) electrons. The lowest BCUT2D eigenvalue weighted by molar-refractivity contribution is 1.28. The molecule has 1 heteroatoms. The molecule has 0 atom stereocenters. The molecule has 0 unspecified atom stereocenters. The van der Waals surface area contributed by atoms with E-state index in [0.717, 1.165) is 66.1 Å². The molecule has 0 heterocycles. The number of hydrogen-bond acceptors (Lipinski definition) is 1. The van der Waals surface area contributed by atoms with Crippen LogP contribution in [0, 0.1) is 0 Å². The van der Waals surface area contributed by atoms with Crippen molar-refractivity contribution in [3.8, 4) is 66.8 Å². The van der Waals surface area contributed by atoms with E-state index in [4.69, 9.17) is 0 Å². The molecule has 0 aromatic heterocycles. The van der Waals surface area contributed by atoms with Crippen LogP contribution < -0.4 is 4.90 Å². The summed E-state index contributed by atoms with van der Waals surface area (Å²) < 4.78 is 77.8. The Morgan fingerprint density at radius 2 is 0.714 bits per heavy atom. The summed E-state index contributed by atoms with van der Waals surface area (Å²) in [6.07, 6.45) is 0. The second-order valence-electron chi connectivity index (χ2n) is 15.5. The van der Waals surface area contributed by atoms with Crippen molar-refractivity contribution in [2.45, 2.75) is 0 Å². The van der Waals surface area contributed by atoms with E-state index in [1.165, 1.54) is 4.90 Å². The van der Waals surface area contributed by atoms with Crippen LogP contribution in [0.2, 0.25) is 0 Å². The van der Waals surface area contributed by atoms with E-state index in [9.17, 15) is 11.0 Å². The van der Waals surface area contributed by atoms with E-state index in [0.29, 0.717) is 16.8 Å². The number of benzene rings is 11. The van der Waals surface area contributed by atoms with Gasteiger partial charge in [-0.1, -0.05) is 212 Å². The lowest BCUT2D eigenvalue weighted by atomic mass is 9.89. The molecule has 0 aliphatic carbocycles. The summed E-state index contributed by atoms with van der Waals surface area (Å²) >= 11 is 0. The van der Waals surface area contributed by atoms with Gasteiger partial charge in [-0.3, -0.25) is 0 Å². The Hall–Kier alpha value is -8.26. The van der Waals surface area contributed by atoms with Gasteiger partial charge in [0.1, 0.15) is 0 Å². The third-order valence-electron chi connectivity index (χ3n) is 11.6. The third kappa shape index (κ3) is 7.47. The van der Waals surface area contributed by atoms with Crippen LogP contribution in [0.1, 0.15) is 11.0 Å². The number of fused-ring (bicyclic) bond motifs is 2. The summed E-state index contributed by atoms with van der Waals surface area (Å²) in [5.41, 5.74) is 8.41. The average molecular weight is 810 g/mol. The fourth-order valence-corrected chi connectivity index (χ4v) is 8.51. The maximum absolute atomic E-state index is 9.86. The van der Waals surface area contributed by atoms with Gasteiger partial charge in [-0.2, -0.15) is 0 Å². The van der Waals surface area contributed by atoms with Gasteiger partial charge in [0.15, 0.2) is 0 Å². The van der Waals surface area contributed by atoms with E-state index < -0.39 is 24.2 Å². The lowest BCUT2D eigenvalue weighted by Gasteiger charge is -2.26. The van der Waals surface area contributed by atoms with E-state index in [1.807, 2.05) is 152 Å². The third-order valence-corrected chi connectivity index (χ3v) is 11.6. The first-order valence-electron chi connectivity index (χ1n) is 25.0. The van der Waals surface area contributed by atoms with Crippen LogP contribution in [-0.4, -0.2) is 0 Å². The summed E-state index contributed by atoms with van der Waals surface area (Å²) in [6, 6.07) is 65.6. The van der Waals surface area contributed by atoms with Crippen molar-refractivity contribution >= 4 is 38.6 Å². The van der Waals surface area contributed by atoms with Crippen molar-refractivity contribution in [2.24, 2.45) is 0 Å². The number of hydrogen-bond donors (Lipinski definition) is 0. The average Bonchev–Trinajstić information content (AvgIpc) is 3.42. The minimum absolute atomic E-state index is 0.0993. The smallest absolute Gasteiger partial charge is 0.0645 e. The molecule has 0 N–H and O–H groups in total. The Morgan fingerprint density at radius 1 is 0.254 bits per heavy atom. The highest BCUT2D eigenvalue weighted by atomic mass is 15.1. The van der Waals surface area contributed by atoms with Gasteiger partial charge >= 0.3 is 0 Å². The Kier molecular flexibility index (Phi) is 7.90. The van der Waals surface area contributed by atoms with Crippen LogP contribution in [0.3, 0.4) is 0 Å². The van der Waals surface area contributed by atoms with Crippen molar-refractivity contribution in [2.75, 3.05) is 4.90 Å². The second-order valence-corrected chi connectivity index (χ2v) is 15.5. The van der Waals surface area contributed by atoms with Crippen LogP contribution in [0.4, 0.5) is 17.1 Å². The molecule has 11 rings (SSSR count). The fourth-order valence-electron chi connectivity index (χ4n) is 8.51. The molecule has 296 valence electrons. The predicted molar refractivity (Wildman–Crippen MR) is 269 cm³/mol. The van der Waals surface area contributed by atoms with Gasteiger partial charge in [0.25, 0.3) is 0 Å². The number of nitrogens with zero attached hydrogens (tertiary/aromatic N) is 1. The van der Waals surface area contributed by atoms with Gasteiger partial charge in [0, 0.05) is 17.1 Å². The van der Waals surface area contributed by atoms with Crippen molar-refractivity contribution < 1.29 is 11.0 Å². The lowest BCUT2D eigenvalue weighted by Crippen LogP contribution is -2.09. The second kappa shape index (κ2) is 16.7. The molecule has 11 aromatic rings. The van der Waals surface area contributed by atoms with Crippen LogP contribution in [0.25, 0.3) is 88.3 Å². The molecule has 0 aliphatic rings. The summed E-state index contributed by atoms with van der Waals surface area (Å²) in [5, 5.41) is 3.89. The molecule has 1 nitrogen and oxygen atoms in total. The first-order chi connectivity index (χ1) is 34.6. The predicted octanol–water partition coefficient (Wildman–Crippen LogP) is 17.5. The van der Waals surface area contributed by atoms with Gasteiger partial charge in [-0.05, 0) is 137 Å². The van der Waals surface area contributed by atoms with Crippen LogP contribution in [-0.2, 0) is 0 Å². The van der Waals surface area contributed by atoms with Crippen molar-refractivity contribution in [1.29, 1.82) is 0 Å². The largest absolute Gasteiger partial charge is 0.311 e. The monoisotopic (exact) mass is 809 g/mol. The van der Waals surface area contributed by atoms with Crippen LogP contribution >= 0.6 is 0 Å². The Bertz CT molecular complexity index is 3790. The summed E-state index contributed by atoms with van der Waals surface area (Å²) in [7, 11) is 0. The zero-order valence-electron chi connectivity index (χ0n) is 42.2. The maximum Gasteiger partial charge on any atom is 0.0645 e. The summed E-state index contributed by atoms with van der Waals surface area (Å²) in [4.78, 5) is 1.37. The minimum Gasteiger partial charge on any atom is -0.311 e. The van der Waals surface area contributed by atoms with Crippen molar-refractivity contribution in [1.82, 2.24) is 0 Å². The first-order valence-corrected chi connectivity index (χ1v) is 21.0. The van der Waals surface area contributed by atoms with E-state index >= 15 is 0 Å². The highest BCUT2D eigenvalue weighted by molar-refractivity contribution is 6.04. The molecule has 0 bridgehead atoms. The van der Waals surface area contributed by atoms with Gasteiger partial charge in [0.05, 0.1) is 11.0 Å². The van der Waals surface area contributed by atoms with Gasteiger partial charge in [0.2, 0.25) is 0 Å². The quantitative estimate of drug-likeness (QED) is 0.140. The zero-order valence-corrected chi connectivity index (χ0v) is 34.2. The van der Waals surface area contributed by atoms with Crippen LogP contribution in [0.5, 0.6) is 0 Å². The van der Waals surface area contributed by atoms with Gasteiger partial charge in [-0.15, -0.1) is 0 Å². The summed E-state index contributed by atoms with van der Waals surface area (Å²) in [5.74, 6) is 0. The summed E-state index contributed by atoms with van der Waals surface area (Å²) in [6.45, 7) is 0. The molecule has 0 aliphatic heterocycles. The fraction of sp³-hybridized carbons (Fsp3) is 0. The normalized spacial score (nSPS) is 13.0. The highest BCUT2D eigenvalue weighted by Crippen LogP contribution is 2.42. The Morgan fingerprint density at radius 3 is 1.38 bits per heavy atom. The number of anilines is 3. The van der Waals surface area contributed by atoms with Crippen LogP contribution in [0.15, 0.2) is 261 Å². The van der Waals surface area contributed by atoms with Crippen molar-refractivity contribution in [3.05, 3.63) is 261 Å². The molecule has 0 saturated carbocycles. The Balaban J connectivity index is 1.11. The van der Waals surface area contributed by atoms with E-state index in [2.05, 4.69) is 42.5 Å². The Labute approximate surface area is 380 Å². The van der Waals surface area contributed by atoms with Crippen molar-refractivity contribution in [3.63, 3.8) is 0 Å². The molecule has 11 aromatic carbocycles. The molecular formula is C62H43N. The molecule has 63 heavy (non-hydrogen) atoms. The molecular weight excluding hydrogens is 759 g/mol. The molecule has 0 fully saturated rings. The topological polar surface area (TPSA) is 3.24 Å². The molecule has 0 spiro atoms. The SMILES string of the molecule is [2H]c1c([2H])c(N(c2ccc(-c3cccc(-c4cccc5ccccc45)c3)cc2)c2c([2H])c([2H])c(-c3c(-c4ccccc4)ccc4ccccc34)c([2H])c2[2H])c([2H])c([2H])c1-c1cccc(-c2ccccc2)c1. The van der Waals surface area contributed by atoms with Gasteiger partial charge in [-0.25, -0.2) is 0 Å². The highest BCUT2D eigenvalue weighted by Gasteiger charge is 2.17. The number of rotatable bonds is 9. The first kappa shape index (κ1) is 29.9. The van der Waals surface area contributed by atoms with E-state index in [-0.39, 0.29) is 46.7 Å². The standard InChI is InChI=1S/C62H43N/c1-3-14-44(15-4-1)51-21-11-22-52(42-51)45-28-35-55(36-29-45)63(56-37-30-46(31-38-56)53-23-12-24-54(43-53)59-27-13-20-47-18-7-9-25-58(47)59)57-39-32-50(33-40-57)62-60-26-10-8-19-49(60)34-41-61(62)48-16-5-2-6-17-48/h1-43H/i28D,29D,32D,33D,35D,36D,39D,40D. The zero-order chi connectivity index (χ0) is 48.9. The van der Waals surface area contributed by atoms with E-state index in [1.54, 1.807) is 18.2 Å². The maximum atomic E-state index is 9.86. The molecule has 0 saturated heterocycles. The molecule has 0 amide bonds. The van der Waals surface area contributed by atoms with Gasteiger partial charge < -0.3 is 4.90 Å².